The number of hydrogen-bond donors (Lipinski definition) is 2. The van der Waals surface area contributed by atoms with Crippen LogP contribution in [0.25, 0.3) is 0 Å². The van der Waals surface area contributed by atoms with Gasteiger partial charge in [0.1, 0.15) is 11.5 Å². The van der Waals surface area contributed by atoms with Crippen LogP contribution in [0, 0.1) is 0 Å². The standard InChI is InChI=1S/C16H21N3O3/c1-19(2)14(15-8-5-9-22-15)11-17-16(20)18-12-6-4-7-13(10-12)21-3/h4-10,14H,11H2,1-3H3,(H2,17,18,20). The van der Waals surface area contributed by atoms with Crippen LogP contribution in [-0.4, -0.2) is 38.7 Å². The third-order valence-electron chi connectivity index (χ3n) is 3.28. The van der Waals surface area contributed by atoms with Gasteiger partial charge in [0.05, 0.1) is 19.4 Å². The van der Waals surface area contributed by atoms with Gasteiger partial charge in [-0.2, -0.15) is 0 Å². The van der Waals surface area contributed by atoms with Crippen molar-refractivity contribution in [1.29, 1.82) is 0 Å². The Labute approximate surface area is 130 Å². The molecule has 0 aliphatic carbocycles. The molecule has 0 aliphatic rings. The van der Waals surface area contributed by atoms with Crippen molar-refractivity contribution in [2.24, 2.45) is 0 Å². The summed E-state index contributed by atoms with van der Waals surface area (Å²) in [7, 11) is 5.47. The van der Waals surface area contributed by atoms with Crippen molar-refractivity contribution in [3.63, 3.8) is 0 Å². The molecule has 6 nitrogen and oxygen atoms in total. The third-order valence-corrected chi connectivity index (χ3v) is 3.28. The number of anilines is 1. The van der Waals surface area contributed by atoms with E-state index in [0.717, 1.165) is 5.76 Å². The Morgan fingerprint density at radius 2 is 2.14 bits per heavy atom. The van der Waals surface area contributed by atoms with E-state index in [1.54, 1.807) is 25.5 Å². The van der Waals surface area contributed by atoms with E-state index in [-0.39, 0.29) is 12.1 Å². The molecule has 0 radical (unpaired) electrons. The average Bonchev–Trinajstić information content (AvgIpc) is 3.01. The van der Waals surface area contributed by atoms with Crippen LogP contribution in [0.3, 0.4) is 0 Å². The van der Waals surface area contributed by atoms with Gasteiger partial charge in [-0.25, -0.2) is 4.79 Å². The zero-order valence-electron chi connectivity index (χ0n) is 13.0. The van der Waals surface area contributed by atoms with Gasteiger partial charge in [0, 0.05) is 18.3 Å². The highest BCUT2D eigenvalue weighted by molar-refractivity contribution is 5.89. The maximum absolute atomic E-state index is 12.0. The molecule has 1 aromatic heterocycles. The van der Waals surface area contributed by atoms with Crippen molar-refractivity contribution in [2.45, 2.75) is 6.04 Å². The topological polar surface area (TPSA) is 66.7 Å². The highest BCUT2D eigenvalue weighted by atomic mass is 16.5. The number of ether oxygens (including phenoxy) is 1. The molecule has 2 aromatic rings. The minimum atomic E-state index is -0.272. The van der Waals surface area contributed by atoms with Crippen LogP contribution in [0.1, 0.15) is 11.8 Å². The SMILES string of the molecule is COc1cccc(NC(=O)NCC(c2ccco2)N(C)C)c1. The number of methoxy groups -OCH3 is 1. The molecule has 0 saturated heterocycles. The molecule has 6 heteroatoms. The van der Waals surface area contributed by atoms with E-state index in [0.29, 0.717) is 18.0 Å². The molecule has 2 rings (SSSR count). The van der Waals surface area contributed by atoms with E-state index in [9.17, 15) is 4.79 Å². The maximum atomic E-state index is 12.0. The lowest BCUT2D eigenvalue weighted by Crippen LogP contribution is -2.36. The van der Waals surface area contributed by atoms with Gasteiger partial charge in [-0.1, -0.05) is 6.07 Å². The highest BCUT2D eigenvalue weighted by Gasteiger charge is 2.17. The van der Waals surface area contributed by atoms with Crippen LogP contribution < -0.4 is 15.4 Å². The molecule has 2 N–H and O–H groups in total. The molecule has 0 spiro atoms. The molecule has 2 amide bonds. The van der Waals surface area contributed by atoms with E-state index in [1.807, 2.05) is 43.3 Å². The van der Waals surface area contributed by atoms with Gasteiger partial charge in [0.2, 0.25) is 0 Å². The van der Waals surface area contributed by atoms with Gasteiger partial charge in [-0.15, -0.1) is 0 Å². The number of amides is 2. The minimum absolute atomic E-state index is 0.0222. The summed E-state index contributed by atoms with van der Waals surface area (Å²) < 4.78 is 10.5. The lowest BCUT2D eigenvalue weighted by atomic mass is 10.2. The molecule has 22 heavy (non-hydrogen) atoms. The van der Waals surface area contributed by atoms with Crippen LogP contribution in [0.5, 0.6) is 5.75 Å². The Morgan fingerprint density at radius 1 is 1.32 bits per heavy atom. The van der Waals surface area contributed by atoms with Gasteiger partial charge >= 0.3 is 6.03 Å². The smallest absolute Gasteiger partial charge is 0.319 e. The molecule has 0 fully saturated rings. The summed E-state index contributed by atoms with van der Waals surface area (Å²) in [5, 5.41) is 5.62. The summed E-state index contributed by atoms with van der Waals surface area (Å²) in [6, 6.07) is 10.6. The summed E-state index contributed by atoms with van der Waals surface area (Å²) >= 11 is 0. The highest BCUT2D eigenvalue weighted by Crippen LogP contribution is 2.18. The predicted molar refractivity (Wildman–Crippen MR) is 85.2 cm³/mol. The molecule has 1 unspecified atom stereocenters. The van der Waals surface area contributed by atoms with Crippen LogP contribution in [0.15, 0.2) is 47.1 Å². The third kappa shape index (κ3) is 4.26. The first-order valence-electron chi connectivity index (χ1n) is 6.99. The van der Waals surface area contributed by atoms with Crippen molar-refractivity contribution in [1.82, 2.24) is 10.2 Å². The van der Waals surface area contributed by atoms with E-state index in [1.165, 1.54) is 0 Å². The van der Waals surface area contributed by atoms with Gasteiger partial charge in [0.15, 0.2) is 0 Å². The van der Waals surface area contributed by atoms with Crippen molar-refractivity contribution in [3.05, 3.63) is 48.4 Å². The number of furan rings is 1. The summed E-state index contributed by atoms with van der Waals surface area (Å²) in [5.41, 5.74) is 0.677. The van der Waals surface area contributed by atoms with Gasteiger partial charge < -0.3 is 19.8 Å². The first kappa shape index (κ1) is 15.9. The predicted octanol–water partition coefficient (Wildman–Crippen LogP) is 2.71. The van der Waals surface area contributed by atoms with E-state index in [2.05, 4.69) is 10.6 Å². The second-order valence-corrected chi connectivity index (χ2v) is 5.06. The number of likely N-dealkylation sites (N-methyl/N-ethyl adjacent to an activating group) is 1. The Hall–Kier alpha value is -2.47. The fourth-order valence-corrected chi connectivity index (χ4v) is 2.08. The Morgan fingerprint density at radius 3 is 2.77 bits per heavy atom. The van der Waals surface area contributed by atoms with E-state index >= 15 is 0 Å². The number of rotatable bonds is 6. The van der Waals surface area contributed by atoms with Gasteiger partial charge in [-0.05, 0) is 38.4 Å². The fourth-order valence-electron chi connectivity index (χ4n) is 2.08. The quantitative estimate of drug-likeness (QED) is 0.861. The average molecular weight is 303 g/mol. The second kappa shape index (κ2) is 7.51. The monoisotopic (exact) mass is 303 g/mol. The molecule has 0 bridgehead atoms. The van der Waals surface area contributed by atoms with E-state index in [4.69, 9.17) is 9.15 Å². The summed E-state index contributed by atoms with van der Waals surface area (Å²) in [6.07, 6.45) is 1.63. The molecule has 1 atom stereocenters. The number of benzene rings is 1. The minimum Gasteiger partial charge on any atom is -0.497 e. The Balaban J connectivity index is 1.91. The van der Waals surface area contributed by atoms with Crippen LogP contribution >= 0.6 is 0 Å². The number of carbonyl (C=O) groups excluding carboxylic acids is 1. The molecule has 0 aliphatic heterocycles. The second-order valence-electron chi connectivity index (χ2n) is 5.06. The molecular weight excluding hydrogens is 282 g/mol. The maximum Gasteiger partial charge on any atom is 0.319 e. The summed E-state index contributed by atoms with van der Waals surface area (Å²) in [5.74, 6) is 1.51. The number of hydrogen-bond acceptors (Lipinski definition) is 4. The van der Waals surface area contributed by atoms with Gasteiger partial charge in [0.25, 0.3) is 0 Å². The Kier molecular flexibility index (Phi) is 5.43. The zero-order chi connectivity index (χ0) is 15.9. The first-order valence-corrected chi connectivity index (χ1v) is 6.99. The molecule has 118 valence electrons. The lowest BCUT2D eigenvalue weighted by molar-refractivity contribution is 0.233. The summed E-state index contributed by atoms with van der Waals surface area (Å²) in [4.78, 5) is 14.0. The number of nitrogens with one attached hydrogen (secondary N) is 2. The van der Waals surface area contributed by atoms with Crippen molar-refractivity contribution < 1.29 is 13.9 Å². The van der Waals surface area contributed by atoms with Gasteiger partial charge in [-0.3, -0.25) is 4.90 Å². The number of nitrogens with zero attached hydrogens (tertiary/aromatic N) is 1. The largest absolute Gasteiger partial charge is 0.497 e. The van der Waals surface area contributed by atoms with Crippen LogP contribution in [-0.2, 0) is 0 Å². The van der Waals surface area contributed by atoms with E-state index < -0.39 is 0 Å². The lowest BCUT2D eigenvalue weighted by Gasteiger charge is -2.22. The van der Waals surface area contributed by atoms with Crippen molar-refractivity contribution >= 4 is 11.7 Å². The molecule has 1 heterocycles. The molecule has 1 aromatic carbocycles. The van der Waals surface area contributed by atoms with Crippen molar-refractivity contribution in [3.8, 4) is 5.75 Å². The number of urea groups is 1. The van der Waals surface area contributed by atoms with Crippen molar-refractivity contribution in [2.75, 3.05) is 33.1 Å². The van der Waals surface area contributed by atoms with Crippen LogP contribution in [0.4, 0.5) is 10.5 Å². The Bertz CT molecular complexity index is 596. The summed E-state index contributed by atoms with van der Waals surface area (Å²) in [6.45, 7) is 0.441. The fraction of sp³-hybridized carbons (Fsp3) is 0.312. The normalized spacial score (nSPS) is 12.0. The van der Waals surface area contributed by atoms with Crippen LogP contribution in [0.2, 0.25) is 0 Å². The molecule has 0 saturated carbocycles. The first-order chi connectivity index (χ1) is 10.6. The zero-order valence-corrected chi connectivity index (χ0v) is 13.0. The number of carbonyl (C=O) groups is 1. The molecular formula is C16H21N3O3.